The van der Waals surface area contributed by atoms with Crippen LogP contribution < -0.4 is 16.2 Å². The van der Waals surface area contributed by atoms with Crippen molar-refractivity contribution in [2.24, 2.45) is 10.9 Å². The Morgan fingerprint density at radius 1 is 1.38 bits per heavy atom. The fraction of sp³-hybridized carbons (Fsp3) is 0.357. The number of carbonyl (C=O) groups is 1. The van der Waals surface area contributed by atoms with E-state index in [1.807, 2.05) is 6.07 Å². The normalized spacial score (nSPS) is 10.6. The van der Waals surface area contributed by atoms with E-state index in [0.29, 0.717) is 5.56 Å². The molecule has 114 valence electrons. The molecule has 6 nitrogen and oxygen atoms in total. The van der Waals surface area contributed by atoms with Gasteiger partial charge in [-0.25, -0.2) is 13.6 Å². The highest BCUT2D eigenvalue weighted by atomic mass is 32.2. The van der Waals surface area contributed by atoms with E-state index >= 15 is 0 Å². The molecular weight excluding hydrogens is 290 g/mol. The van der Waals surface area contributed by atoms with Crippen LogP contribution in [0.3, 0.4) is 0 Å². The van der Waals surface area contributed by atoms with E-state index in [-0.39, 0.29) is 31.2 Å². The van der Waals surface area contributed by atoms with E-state index in [0.717, 1.165) is 11.1 Å². The lowest BCUT2D eigenvalue weighted by Gasteiger charge is -2.08. The van der Waals surface area contributed by atoms with Gasteiger partial charge in [-0.05, 0) is 31.0 Å². The number of primary sulfonamides is 1. The minimum atomic E-state index is -3.49. The van der Waals surface area contributed by atoms with Crippen molar-refractivity contribution in [2.75, 3.05) is 18.8 Å². The molecule has 0 fully saturated rings. The number of amides is 1. The van der Waals surface area contributed by atoms with Crippen molar-refractivity contribution >= 4 is 15.9 Å². The van der Waals surface area contributed by atoms with Crippen molar-refractivity contribution < 1.29 is 13.2 Å². The van der Waals surface area contributed by atoms with Crippen molar-refractivity contribution in [3.8, 4) is 11.8 Å². The molecule has 0 atom stereocenters. The van der Waals surface area contributed by atoms with Gasteiger partial charge in [-0.1, -0.05) is 17.9 Å². The quantitative estimate of drug-likeness (QED) is 0.512. The average molecular weight is 309 g/mol. The van der Waals surface area contributed by atoms with Gasteiger partial charge in [0.2, 0.25) is 10.0 Å². The lowest BCUT2D eigenvalue weighted by Crippen LogP contribution is -2.28. The van der Waals surface area contributed by atoms with Crippen molar-refractivity contribution in [3.05, 3.63) is 34.9 Å². The van der Waals surface area contributed by atoms with E-state index in [9.17, 15) is 13.2 Å². The Labute approximate surface area is 125 Å². The van der Waals surface area contributed by atoms with Gasteiger partial charge in [0.05, 0.1) is 12.3 Å². The number of hydrogen-bond donors (Lipinski definition) is 3. The zero-order chi connectivity index (χ0) is 15.9. The second-order valence-electron chi connectivity index (χ2n) is 4.46. The van der Waals surface area contributed by atoms with E-state index in [1.165, 1.54) is 0 Å². The molecule has 0 aliphatic carbocycles. The molecule has 0 aliphatic heterocycles. The predicted octanol–water partition coefficient (Wildman–Crippen LogP) is -0.286. The summed E-state index contributed by atoms with van der Waals surface area (Å²) in [4.78, 5) is 12.1. The molecule has 0 unspecified atom stereocenters. The van der Waals surface area contributed by atoms with Crippen LogP contribution in [0.2, 0.25) is 0 Å². The summed E-state index contributed by atoms with van der Waals surface area (Å²) in [6, 6.07) is 5.25. The molecule has 5 N–H and O–H groups in total. The van der Waals surface area contributed by atoms with Gasteiger partial charge in [0, 0.05) is 17.7 Å². The molecule has 1 rings (SSSR count). The summed E-state index contributed by atoms with van der Waals surface area (Å²) in [7, 11) is -3.49. The third-order valence-electron chi connectivity index (χ3n) is 2.79. The molecule has 0 aromatic heterocycles. The molecule has 0 spiro atoms. The standard InChI is InChI=1S/C14H19N3O3S/c1-11-12(6-3-8-15)5-2-7-13(11)14(18)17-9-4-10-21(16,19)20/h2,5,7H,4,8-10,15H2,1H3,(H,17,18)(H2,16,19,20). The molecule has 0 bridgehead atoms. The molecule has 7 heteroatoms. The Kier molecular flexibility index (Phi) is 6.37. The van der Waals surface area contributed by atoms with Gasteiger partial charge in [-0.2, -0.15) is 0 Å². The topological polar surface area (TPSA) is 115 Å². The highest BCUT2D eigenvalue weighted by molar-refractivity contribution is 7.89. The van der Waals surface area contributed by atoms with Crippen LogP contribution in [0.15, 0.2) is 18.2 Å². The number of nitrogens with one attached hydrogen (secondary N) is 1. The number of rotatable bonds is 5. The van der Waals surface area contributed by atoms with Gasteiger partial charge in [-0.15, -0.1) is 0 Å². The Balaban J connectivity index is 2.70. The van der Waals surface area contributed by atoms with Gasteiger partial charge < -0.3 is 11.1 Å². The van der Waals surface area contributed by atoms with Crippen LogP contribution in [0, 0.1) is 18.8 Å². The van der Waals surface area contributed by atoms with Crippen LogP contribution in [0.5, 0.6) is 0 Å². The summed E-state index contributed by atoms with van der Waals surface area (Å²) in [5.74, 6) is 5.23. The molecule has 21 heavy (non-hydrogen) atoms. The molecule has 0 saturated heterocycles. The van der Waals surface area contributed by atoms with Gasteiger partial charge >= 0.3 is 0 Å². The number of nitrogens with two attached hydrogens (primary N) is 2. The molecule has 0 saturated carbocycles. The fourth-order valence-electron chi connectivity index (χ4n) is 1.73. The lowest BCUT2D eigenvalue weighted by atomic mass is 10.0. The fourth-order valence-corrected chi connectivity index (χ4v) is 2.28. The van der Waals surface area contributed by atoms with E-state index in [2.05, 4.69) is 17.2 Å². The van der Waals surface area contributed by atoms with Crippen LogP contribution in [0.4, 0.5) is 0 Å². The lowest BCUT2D eigenvalue weighted by molar-refractivity contribution is 0.0953. The number of hydrogen-bond acceptors (Lipinski definition) is 4. The molecule has 0 heterocycles. The highest BCUT2D eigenvalue weighted by Gasteiger charge is 2.10. The van der Waals surface area contributed by atoms with Crippen molar-refractivity contribution in [1.29, 1.82) is 0 Å². The minimum Gasteiger partial charge on any atom is -0.352 e. The maximum Gasteiger partial charge on any atom is 0.251 e. The van der Waals surface area contributed by atoms with Crippen molar-refractivity contribution in [2.45, 2.75) is 13.3 Å². The first-order valence-electron chi connectivity index (χ1n) is 6.42. The smallest absolute Gasteiger partial charge is 0.251 e. The van der Waals surface area contributed by atoms with E-state index in [1.54, 1.807) is 19.1 Å². The number of sulfonamides is 1. The third-order valence-corrected chi connectivity index (χ3v) is 3.65. The Bertz CT molecular complexity index is 672. The first-order valence-corrected chi connectivity index (χ1v) is 8.14. The van der Waals surface area contributed by atoms with Gasteiger partial charge in [0.15, 0.2) is 0 Å². The van der Waals surface area contributed by atoms with Crippen molar-refractivity contribution in [3.63, 3.8) is 0 Å². The third kappa shape index (κ3) is 5.95. The molecule has 0 aliphatic rings. The summed E-state index contributed by atoms with van der Waals surface area (Å²) < 4.78 is 21.6. The summed E-state index contributed by atoms with van der Waals surface area (Å²) >= 11 is 0. The van der Waals surface area contributed by atoms with E-state index in [4.69, 9.17) is 10.9 Å². The number of benzene rings is 1. The first kappa shape index (κ1) is 17.2. The SMILES string of the molecule is Cc1c(C#CCN)cccc1C(=O)NCCCS(N)(=O)=O. The average Bonchev–Trinajstić information content (AvgIpc) is 2.41. The molecule has 1 aromatic carbocycles. The van der Waals surface area contributed by atoms with Crippen molar-refractivity contribution in [1.82, 2.24) is 5.32 Å². The largest absolute Gasteiger partial charge is 0.352 e. The summed E-state index contributed by atoms with van der Waals surface area (Å²) in [5, 5.41) is 7.55. The Hall–Kier alpha value is -1.88. The molecular formula is C14H19N3O3S. The predicted molar refractivity (Wildman–Crippen MR) is 82.0 cm³/mol. The van der Waals surface area contributed by atoms with Crippen LogP contribution in [0.1, 0.15) is 27.9 Å². The maximum absolute atomic E-state index is 12.1. The summed E-state index contributed by atoms with van der Waals surface area (Å²) in [5.41, 5.74) is 7.35. The van der Waals surface area contributed by atoms with Crippen LogP contribution in [-0.2, 0) is 10.0 Å². The number of carbonyl (C=O) groups excluding carboxylic acids is 1. The minimum absolute atomic E-state index is 0.158. The second kappa shape index (κ2) is 7.78. The second-order valence-corrected chi connectivity index (χ2v) is 6.19. The zero-order valence-electron chi connectivity index (χ0n) is 11.8. The van der Waals surface area contributed by atoms with Crippen LogP contribution in [0.25, 0.3) is 0 Å². The zero-order valence-corrected chi connectivity index (χ0v) is 12.7. The monoisotopic (exact) mass is 309 g/mol. The Morgan fingerprint density at radius 3 is 2.71 bits per heavy atom. The molecule has 1 aromatic rings. The van der Waals surface area contributed by atoms with Crippen LogP contribution >= 0.6 is 0 Å². The summed E-state index contributed by atoms with van der Waals surface area (Å²) in [6.07, 6.45) is 0.274. The van der Waals surface area contributed by atoms with E-state index < -0.39 is 10.0 Å². The van der Waals surface area contributed by atoms with Gasteiger partial charge in [0.1, 0.15) is 0 Å². The van der Waals surface area contributed by atoms with Gasteiger partial charge in [0.25, 0.3) is 5.91 Å². The van der Waals surface area contributed by atoms with Crippen LogP contribution in [-0.4, -0.2) is 33.2 Å². The molecule has 1 amide bonds. The first-order chi connectivity index (χ1) is 9.85. The highest BCUT2D eigenvalue weighted by Crippen LogP contribution is 2.12. The maximum atomic E-state index is 12.1. The van der Waals surface area contributed by atoms with Gasteiger partial charge in [-0.3, -0.25) is 4.79 Å². The summed E-state index contributed by atoms with van der Waals surface area (Å²) in [6.45, 7) is 2.30. The Morgan fingerprint density at radius 2 is 2.10 bits per heavy atom. The molecule has 0 radical (unpaired) electrons.